The van der Waals surface area contributed by atoms with Crippen LogP contribution in [0.3, 0.4) is 0 Å². The largest absolute Gasteiger partial charge is 0.313 e. The van der Waals surface area contributed by atoms with Gasteiger partial charge in [-0.25, -0.2) is 4.39 Å². The third-order valence-electron chi connectivity index (χ3n) is 2.40. The molecular weight excluding hydrogens is 225 g/mol. The van der Waals surface area contributed by atoms with Crippen molar-refractivity contribution in [3.63, 3.8) is 0 Å². The molecule has 0 unspecified atom stereocenters. The average Bonchev–Trinajstić information content (AvgIpc) is 2.17. The summed E-state index contributed by atoms with van der Waals surface area (Å²) in [5, 5.41) is 3.50. The van der Waals surface area contributed by atoms with Gasteiger partial charge in [0.2, 0.25) is 0 Å². The first-order valence-corrected chi connectivity index (χ1v) is 5.91. The molecule has 0 aliphatic heterocycles. The Balaban J connectivity index is 2.41. The second-order valence-corrected chi connectivity index (χ2v) is 5.58. The van der Waals surface area contributed by atoms with E-state index in [9.17, 15) is 4.39 Å². The third-order valence-corrected chi connectivity index (χ3v) is 2.82. The van der Waals surface area contributed by atoms with Gasteiger partial charge in [-0.2, -0.15) is 0 Å². The minimum Gasteiger partial charge on any atom is -0.313 e. The van der Waals surface area contributed by atoms with E-state index in [4.69, 9.17) is 11.6 Å². The normalized spacial score (nSPS) is 11.8. The smallest absolute Gasteiger partial charge is 0.142 e. The van der Waals surface area contributed by atoms with Gasteiger partial charge in [0.15, 0.2) is 0 Å². The molecule has 1 aromatic carbocycles. The minimum absolute atomic E-state index is 0.228. The van der Waals surface area contributed by atoms with Crippen molar-refractivity contribution < 1.29 is 4.39 Å². The van der Waals surface area contributed by atoms with Crippen LogP contribution in [0.1, 0.15) is 32.8 Å². The maximum absolute atomic E-state index is 13.1. The summed E-state index contributed by atoms with van der Waals surface area (Å²) in [6.45, 7) is 8.13. The Morgan fingerprint density at radius 3 is 2.62 bits per heavy atom. The van der Waals surface area contributed by atoms with Crippen LogP contribution in [0.15, 0.2) is 18.2 Å². The number of hydrogen-bond acceptors (Lipinski definition) is 1. The van der Waals surface area contributed by atoms with Crippen LogP contribution in [0.25, 0.3) is 0 Å². The fourth-order valence-corrected chi connectivity index (χ4v) is 1.56. The number of nitrogens with one attached hydrogen (secondary N) is 1. The maximum Gasteiger partial charge on any atom is 0.142 e. The zero-order valence-electron chi connectivity index (χ0n) is 10.1. The number of hydrogen-bond donors (Lipinski definition) is 1. The summed E-state index contributed by atoms with van der Waals surface area (Å²) >= 11 is 5.85. The lowest BCUT2D eigenvalue weighted by atomic mass is 9.92. The van der Waals surface area contributed by atoms with Gasteiger partial charge >= 0.3 is 0 Å². The van der Waals surface area contributed by atoms with E-state index < -0.39 is 0 Å². The number of halogens is 2. The van der Waals surface area contributed by atoms with Crippen LogP contribution in [0.5, 0.6) is 0 Å². The molecule has 0 radical (unpaired) electrons. The maximum atomic E-state index is 13.1. The molecule has 0 amide bonds. The van der Waals surface area contributed by atoms with Crippen molar-refractivity contribution in [2.75, 3.05) is 6.54 Å². The fourth-order valence-electron chi connectivity index (χ4n) is 1.37. The first-order chi connectivity index (χ1) is 7.40. The lowest BCUT2D eigenvalue weighted by molar-refractivity contribution is 0.366. The lowest BCUT2D eigenvalue weighted by Gasteiger charge is -2.18. The highest BCUT2D eigenvalue weighted by molar-refractivity contribution is 6.31. The highest BCUT2D eigenvalue weighted by atomic mass is 35.5. The van der Waals surface area contributed by atoms with Crippen molar-refractivity contribution in [1.29, 1.82) is 0 Å². The standard InChI is InChI=1S/C13H19ClFN/c1-13(2,3)7-8-16-9-10-5-4-6-11(15)12(10)14/h4-6,16H,7-9H2,1-3H3. The van der Waals surface area contributed by atoms with Crippen molar-refractivity contribution in [3.05, 3.63) is 34.6 Å². The predicted molar refractivity (Wildman–Crippen MR) is 67.2 cm³/mol. The Morgan fingerprint density at radius 1 is 1.31 bits per heavy atom. The summed E-state index contributed by atoms with van der Waals surface area (Å²) in [5.41, 5.74) is 1.13. The lowest BCUT2D eigenvalue weighted by Crippen LogP contribution is -2.20. The van der Waals surface area contributed by atoms with Crippen molar-refractivity contribution in [2.24, 2.45) is 5.41 Å². The highest BCUT2D eigenvalue weighted by Gasteiger charge is 2.09. The van der Waals surface area contributed by atoms with Crippen molar-refractivity contribution in [2.45, 2.75) is 33.7 Å². The monoisotopic (exact) mass is 243 g/mol. The van der Waals surface area contributed by atoms with Gasteiger partial charge in [0.25, 0.3) is 0 Å². The topological polar surface area (TPSA) is 12.0 Å². The summed E-state index contributed by atoms with van der Waals surface area (Å²) in [7, 11) is 0. The molecule has 3 heteroatoms. The van der Waals surface area contributed by atoms with Crippen LogP contribution < -0.4 is 5.32 Å². The van der Waals surface area contributed by atoms with E-state index in [0.29, 0.717) is 12.0 Å². The molecule has 0 spiro atoms. The molecule has 0 aliphatic rings. The van der Waals surface area contributed by atoms with Crippen LogP contribution in [-0.4, -0.2) is 6.54 Å². The molecule has 0 heterocycles. The summed E-state index contributed by atoms with van der Waals surface area (Å²) in [6, 6.07) is 4.90. The van der Waals surface area contributed by atoms with Crippen molar-refractivity contribution >= 4 is 11.6 Å². The van der Waals surface area contributed by atoms with E-state index in [1.54, 1.807) is 6.07 Å². The van der Waals surface area contributed by atoms with Gasteiger partial charge in [-0.1, -0.05) is 44.5 Å². The summed E-state index contributed by atoms with van der Waals surface area (Å²) in [5.74, 6) is -0.350. The zero-order chi connectivity index (χ0) is 12.2. The molecule has 0 fully saturated rings. The molecule has 0 aliphatic carbocycles. The number of benzene rings is 1. The van der Waals surface area contributed by atoms with Crippen LogP contribution in [0.2, 0.25) is 5.02 Å². The van der Waals surface area contributed by atoms with Crippen LogP contribution in [0.4, 0.5) is 4.39 Å². The fraction of sp³-hybridized carbons (Fsp3) is 0.538. The Kier molecular flexibility index (Phi) is 4.75. The molecule has 1 nitrogen and oxygen atoms in total. The van der Waals surface area contributed by atoms with Crippen molar-refractivity contribution in [1.82, 2.24) is 5.32 Å². The average molecular weight is 244 g/mol. The predicted octanol–water partition coefficient (Wildman–Crippen LogP) is 4.00. The molecule has 16 heavy (non-hydrogen) atoms. The second-order valence-electron chi connectivity index (χ2n) is 5.20. The molecule has 0 saturated heterocycles. The van der Waals surface area contributed by atoms with Gasteiger partial charge in [-0.15, -0.1) is 0 Å². The van der Waals surface area contributed by atoms with Gasteiger partial charge in [0, 0.05) is 6.54 Å². The highest BCUT2D eigenvalue weighted by Crippen LogP contribution is 2.20. The SMILES string of the molecule is CC(C)(C)CCNCc1cccc(F)c1Cl. The van der Waals surface area contributed by atoms with E-state index in [1.165, 1.54) is 6.07 Å². The Labute approximate surface area is 102 Å². The van der Waals surface area contributed by atoms with E-state index >= 15 is 0 Å². The van der Waals surface area contributed by atoms with Gasteiger partial charge < -0.3 is 5.32 Å². The van der Waals surface area contributed by atoms with Gasteiger partial charge in [-0.05, 0) is 30.0 Å². The van der Waals surface area contributed by atoms with E-state index in [-0.39, 0.29) is 10.8 Å². The molecule has 0 saturated carbocycles. The second kappa shape index (κ2) is 5.65. The van der Waals surface area contributed by atoms with Gasteiger partial charge in [0.1, 0.15) is 5.82 Å². The molecule has 0 bridgehead atoms. The first kappa shape index (κ1) is 13.5. The molecule has 0 atom stereocenters. The molecule has 1 rings (SSSR count). The van der Waals surface area contributed by atoms with E-state index in [0.717, 1.165) is 18.5 Å². The first-order valence-electron chi connectivity index (χ1n) is 5.54. The van der Waals surface area contributed by atoms with Crippen LogP contribution >= 0.6 is 11.6 Å². The Morgan fingerprint density at radius 2 is 2.00 bits per heavy atom. The molecule has 1 aromatic rings. The minimum atomic E-state index is -0.350. The summed E-state index contributed by atoms with van der Waals surface area (Å²) in [6.07, 6.45) is 1.08. The number of rotatable bonds is 4. The van der Waals surface area contributed by atoms with Crippen molar-refractivity contribution in [3.8, 4) is 0 Å². The quantitative estimate of drug-likeness (QED) is 0.788. The van der Waals surface area contributed by atoms with E-state index in [1.807, 2.05) is 6.07 Å². The van der Waals surface area contributed by atoms with Gasteiger partial charge in [-0.3, -0.25) is 0 Å². The Bertz CT molecular complexity index is 344. The van der Waals surface area contributed by atoms with Gasteiger partial charge in [0.05, 0.1) is 5.02 Å². The molecule has 1 N–H and O–H groups in total. The zero-order valence-corrected chi connectivity index (χ0v) is 10.9. The summed E-state index contributed by atoms with van der Waals surface area (Å²) < 4.78 is 13.1. The Hall–Kier alpha value is -0.600. The molecular formula is C13H19ClFN. The summed E-state index contributed by atoms with van der Waals surface area (Å²) in [4.78, 5) is 0. The molecule has 90 valence electrons. The van der Waals surface area contributed by atoms with Crippen LogP contribution in [-0.2, 0) is 6.54 Å². The molecule has 0 aromatic heterocycles. The van der Waals surface area contributed by atoms with Crippen LogP contribution in [0, 0.1) is 11.2 Å². The third kappa shape index (κ3) is 4.50. The van der Waals surface area contributed by atoms with E-state index in [2.05, 4.69) is 26.1 Å².